The first-order valence-corrected chi connectivity index (χ1v) is 7.93. The molecule has 0 bridgehead atoms. The molecule has 0 N–H and O–H groups in total. The van der Waals surface area contributed by atoms with E-state index in [9.17, 15) is 0 Å². The summed E-state index contributed by atoms with van der Waals surface area (Å²) < 4.78 is 2.02. The molecule has 0 unspecified atom stereocenters. The van der Waals surface area contributed by atoms with Crippen LogP contribution in [0.5, 0.6) is 0 Å². The molecule has 4 nitrogen and oxygen atoms in total. The van der Waals surface area contributed by atoms with Gasteiger partial charge in [0.15, 0.2) is 5.82 Å². The number of benzene rings is 1. The number of pyridine rings is 1. The average molecular weight is 306 g/mol. The number of aryl methyl sites for hydroxylation is 3. The molecule has 23 heavy (non-hydrogen) atoms. The molecule has 0 aliphatic rings. The fourth-order valence-corrected chi connectivity index (χ4v) is 2.54. The van der Waals surface area contributed by atoms with Gasteiger partial charge in [0.1, 0.15) is 5.65 Å². The monoisotopic (exact) mass is 306 g/mol. The van der Waals surface area contributed by atoms with E-state index in [-0.39, 0.29) is 0 Å². The smallest absolute Gasteiger partial charge is 0.183 e. The number of fused-ring (bicyclic) bond motifs is 1. The van der Waals surface area contributed by atoms with Crippen molar-refractivity contribution in [1.82, 2.24) is 9.38 Å². The SMILES string of the molecule is Cc1ccc2nc(C(C)C)c(N=Nc3ccc(C)c(C)c3)n2c1. The molecule has 0 saturated carbocycles. The van der Waals surface area contributed by atoms with Crippen LogP contribution in [0.25, 0.3) is 5.65 Å². The molecule has 3 rings (SSSR count). The van der Waals surface area contributed by atoms with Crippen LogP contribution in [0.15, 0.2) is 46.8 Å². The third kappa shape index (κ3) is 3.02. The Morgan fingerprint density at radius 1 is 0.957 bits per heavy atom. The van der Waals surface area contributed by atoms with Gasteiger partial charge in [-0.2, -0.15) is 0 Å². The number of nitrogens with zero attached hydrogens (tertiary/aromatic N) is 4. The number of hydrogen-bond acceptors (Lipinski definition) is 3. The number of hydrogen-bond donors (Lipinski definition) is 0. The van der Waals surface area contributed by atoms with Crippen molar-refractivity contribution in [3.8, 4) is 0 Å². The first-order chi connectivity index (χ1) is 11.0. The van der Waals surface area contributed by atoms with Crippen molar-refractivity contribution in [3.63, 3.8) is 0 Å². The van der Waals surface area contributed by atoms with E-state index in [2.05, 4.69) is 69.2 Å². The molecule has 0 amide bonds. The largest absolute Gasteiger partial charge is 0.283 e. The van der Waals surface area contributed by atoms with Crippen LogP contribution in [0.3, 0.4) is 0 Å². The molecule has 0 fully saturated rings. The predicted molar refractivity (Wildman–Crippen MR) is 94.1 cm³/mol. The first kappa shape index (κ1) is 15.4. The predicted octanol–water partition coefficient (Wildman–Crippen LogP) is 5.80. The van der Waals surface area contributed by atoms with E-state index < -0.39 is 0 Å². The number of rotatable bonds is 3. The summed E-state index contributed by atoms with van der Waals surface area (Å²) in [5.74, 6) is 1.11. The molecule has 0 aliphatic carbocycles. The Bertz CT molecular complexity index is 888. The lowest BCUT2D eigenvalue weighted by atomic mass is 10.1. The van der Waals surface area contributed by atoms with E-state index in [0.29, 0.717) is 5.92 Å². The minimum absolute atomic E-state index is 0.295. The molecule has 0 atom stereocenters. The van der Waals surface area contributed by atoms with Gasteiger partial charge in [-0.3, -0.25) is 4.40 Å². The van der Waals surface area contributed by atoms with Gasteiger partial charge in [0, 0.05) is 6.20 Å². The lowest BCUT2D eigenvalue weighted by Crippen LogP contribution is -1.88. The van der Waals surface area contributed by atoms with Crippen LogP contribution >= 0.6 is 0 Å². The van der Waals surface area contributed by atoms with Crippen LogP contribution in [0.4, 0.5) is 11.5 Å². The van der Waals surface area contributed by atoms with E-state index in [1.165, 1.54) is 16.7 Å². The standard InChI is InChI=1S/C19H22N4/c1-12(2)18-19(23-11-13(3)6-9-17(23)20-18)22-21-16-8-7-14(4)15(5)10-16/h6-12H,1-5H3. The second kappa shape index (κ2) is 5.95. The topological polar surface area (TPSA) is 42.0 Å². The molecule has 0 spiro atoms. The molecule has 3 aromatic rings. The Morgan fingerprint density at radius 2 is 1.74 bits per heavy atom. The summed E-state index contributed by atoms with van der Waals surface area (Å²) in [6.07, 6.45) is 2.06. The highest BCUT2D eigenvalue weighted by molar-refractivity contribution is 5.54. The Balaban J connectivity index is 2.10. The average Bonchev–Trinajstić information content (AvgIpc) is 2.86. The van der Waals surface area contributed by atoms with Crippen LogP contribution in [0, 0.1) is 20.8 Å². The van der Waals surface area contributed by atoms with Crippen molar-refractivity contribution >= 4 is 17.2 Å². The van der Waals surface area contributed by atoms with Crippen molar-refractivity contribution in [3.05, 3.63) is 58.9 Å². The summed E-state index contributed by atoms with van der Waals surface area (Å²) in [5.41, 5.74) is 6.41. The summed E-state index contributed by atoms with van der Waals surface area (Å²) in [6.45, 7) is 10.5. The first-order valence-electron chi connectivity index (χ1n) is 7.93. The fraction of sp³-hybridized carbons (Fsp3) is 0.316. The van der Waals surface area contributed by atoms with E-state index >= 15 is 0 Å². The highest BCUT2D eigenvalue weighted by Gasteiger charge is 2.15. The van der Waals surface area contributed by atoms with Crippen LogP contribution in [0.1, 0.15) is 42.1 Å². The molecule has 1 aromatic carbocycles. The zero-order valence-corrected chi connectivity index (χ0v) is 14.3. The molecule has 118 valence electrons. The van der Waals surface area contributed by atoms with Crippen molar-refractivity contribution in [2.24, 2.45) is 10.2 Å². The molecule has 0 radical (unpaired) electrons. The van der Waals surface area contributed by atoms with Crippen molar-refractivity contribution in [1.29, 1.82) is 0 Å². The van der Waals surface area contributed by atoms with E-state index in [1.807, 2.05) is 16.5 Å². The molecular formula is C19H22N4. The summed E-state index contributed by atoms with van der Waals surface area (Å²) in [6, 6.07) is 10.2. The van der Waals surface area contributed by atoms with Gasteiger partial charge in [0.05, 0.1) is 11.4 Å². The fourth-order valence-electron chi connectivity index (χ4n) is 2.54. The van der Waals surface area contributed by atoms with Gasteiger partial charge in [0.2, 0.25) is 0 Å². The van der Waals surface area contributed by atoms with Crippen molar-refractivity contribution < 1.29 is 0 Å². The minimum atomic E-state index is 0.295. The maximum atomic E-state index is 4.71. The molecule has 2 heterocycles. The third-order valence-electron chi connectivity index (χ3n) is 4.06. The van der Waals surface area contributed by atoms with Gasteiger partial charge >= 0.3 is 0 Å². The highest BCUT2D eigenvalue weighted by Crippen LogP contribution is 2.30. The number of imidazole rings is 1. The number of azo groups is 1. The Kier molecular flexibility index (Phi) is 3.99. The second-order valence-electron chi connectivity index (χ2n) is 6.38. The molecule has 0 aliphatic heterocycles. The van der Waals surface area contributed by atoms with Gasteiger partial charge in [-0.25, -0.2) is 4.98 Å². The van der Waals surface area contributed by atoms with Gasteiger partial charge < -0.3 is 0 Å². The van der Waals surface area contributed by atoms with E-state index in [4.69, 9.17) is 4.98 Å². The summed E-state index contributed by atoms with van der Waals surface area (Å²) in [7, 11) is 0. The second-order valence-corrected chi connectivity index (χ2v) is 6.38. The molecular weight excluding hydrogens is 284 g/mol. The van der Waals surface area contributed by atoms with Gasteiger partial charge in [-0.05, 0) is 61.6 Å². The van der Waals surface area contributed by atoms with Crippen molar-refractivity contribution in [2.45, 2.75) is 40.5 Å². The quantitative estimate of drug-likeness (QED) is 0.564. The van der Waals surface area contributed by atoms with E-state index in [1.54, 1.807) is 0 Å². The van der Waals surface area contributed by atoms with Gasteiger partial charge in [0.25, 0.3) is 0 Å². The Labute approximate surface area is 136 Å². The van der Waals surface area contributed by atoms with Crippen LogP contribution < -0.4 is 0 Å². The van der Waals surface area contributed by atoms with Gasteiger partial charge in [-0.1, -0.05) is 26.0 Å². The van der Waals surface area contributed by atoms with E-state index in [0.717, 1.165) is 22.8 Å². The lowest BCUT2D eigenvalue weighted by molar-refractivity contribution is 0.831. The molecule has 2 aromatic heterocycles. The maximum Gasteiger partial charge on any atom is 0.183 e. The summed E-state index contributed by atoms with van der Waals surface area (Å²) in [5, 5.41) is 8.96. The van der Waals surface area contributed by atoms with Gasteiger partial charge in [-0.15, -0.1) is 10.2 Å². The summed E-state index contributed by atoms with van der Waals surface area (Å²) >= 11 is 0. The zero-order valence-electron chi connectivity index (χ0n) is 14.3. The van der Waals surface area contributed by atoms with Crippen molar-refractivity contribution in [2.75, 3.05) is 0 Å². The summed E-state index contributed by atoms with van der Waals surface area (Å²) in [4.78, 5) is 4.71. The lowest BCUT2D eigenvalue weighted by Gasteiger charge is -2.03. The molecule has 4 heteroatoms. The Hall–Kier alpha value is -2.49. The van der Waals surface area contributed by atoms with Crippen LogP contribution in [0.2, 0.25) is 0 Å². The third-order valence-corrected chi connectivity index (χ3v) is 4.06. The minimum Gasteiger partial charge on any atom is -0.283 e. The zero-order chi connectivity index (χ0) is 16.6. The van der Waals surface area contributed by atoms with Crippen LogP contribution in [-0.4, -0.2) is 9.38 Å². The Morgan fingerprint density at radius 3 is 2.43 bits per heavy atom. The highest BCUT2D eigenvalue weighted by atomic mass is 15.2. The van der Waals surface area contributed by atoms with Crippen LogP contribution in [-0.2, 0) is 0 Å². The normalized spacial score (nSPS) is 11.9. The molecule has 0 saturated heterocycles. The maximum absolute atomic E-state index is 4.71. The number of aromatic nitrogens is 2.